The molecule has 1 atom stereocenters. The summed E-state index contributed by atoms with van der Waals surface area (Å²) in [5, 5.41) is 8.23. The molecule has 0 bridgehead atoms. The smallest absolute Gasteiger partial charge is 0.208 e. The molecule has 2 aromatic carbocycles. The second kappa shape index (κ2) is 7.33. The van der Waals surface area contributed by atoms with Crippen LogP contribution in [0.3, 0.4) is 0 Å². The van der Waals surface area contributed by atoms with E-state index in [2.05, 4.69) is 49.2 Å². The fraction of sp³-hybridized carbons (Fsp3) is 0.458. The zero-order valence-corrected chi connectivity index (χ0v) is 18.0. The first-order chi connectivity index (χ1) is 14.1. The monoisotopic (exact) mass is 410 g/mol. The molecule has 5 heteroatoms. The molecule has 152 valence electrons. The van der Waals surface area contributed by atoms with E-state index in [9.17, 15) is 0 Å². The normalized spacial score (nSPS) is 28.0. The summed E-state index contributed by atoms with van der Waals surface area (Å²) in [5.74, 6) is 1.08. The highest BCUT2D eigenvalue weighted by atomic mass is 35.5. The first-order valence-electron chi connectivity index (χ1n) is 10.8. The van der Waals surface area contributed by atoms with Gasteiger partial charge in [-0.1, -0.05) is 48.9 Å². The number of likely N-dealkylation sites (tertiary alicyclic amines) is 1. The van der Waals surface area contributed by atoms with Gasteiger partial charge in [-0.2, -0.15) is 5.10 Å². The maximum atomic E-state index is 6.82. The average Bonchev–Trinajstić information content (AvgIpc) is 3.18. The average molecular weight is 411 g/mol. The summed E-state index contributed by atoms with van der Waals surface area (Å²) < 4.78 is 6.82. The fourth-order valence-electron chi connectivity index (χ4n) is 5.19. The largest absolute Gasteiger partial charge is 0.465 e. The molecule has 0 aliphatic carbocycles. The van der Waals surface area contributed by atoms with Gasteiger partial charge in [0.25, 0.3) is 0 Å². The third kappa shape index (κ3) is 3.23. The topological polar surface area (TPSA) is 29.3 Å². The standard InChI is InChI=1S/C24H28ClN3O/c1-3-13-27-14-11-24(12-15-27)28-22(20-6-4-5-17(2)23(20)29-24)16-21(26-28)18-7-9-19(25)10-8-18/h4-10,22H,3,11-16H2,1-2H3/p+1/t22-/m1/s1. The highest BCUT2D eigenvalue weighted by Gasteiger charge is 2.53. The zero-order valence-electron chi connectivity index (χ0n) is 17.2. The molecule has 0 amide bonds. The Bertz CT molecular complexity index is 932. The van der Waals surface area contributed by atoms with Gasteiger partial charge in [-0.05, 0) is 36.6 Å². The van der Waals surface area contributed by atoms with E-state index in [1.54, 1.807) is 4.90 Å². The van der Waals surface area contributed by atoms with E-state index < -0.39 is 0 Å². The van der Waals surface area contributed by atoms with Crippen LogP contribution in [0.15, 0.2) is 47.6 Å². The molecule has 1 spiro atoms. The molecule has 5 rings (SSSR count). The molecule has 3 heterocycles. The summed E-state index contributed by atoms with van der Waals surface area (Å²) in [7, 11) is 0. The van der Waals surface area contributed by atoms with Crippen LogP contribution in [-0.2, 0) is 0 Å². The van der Waals surface area contributed by atoms with Crippen molar-refractivity contribution < 1.29 is 9.64 Å². The number of hydrogen-bond acceptors (Lipinski definition) is 3. The van der Waals surface area contributed by atoms with Gasteiger partial charge in [0.1, 0.15) is 5.75 Å². The first-order valence-corrected chi connectivity index (χ1v) is 11.2. The van der Waals surface area contributed by atoms with E-state index in [1.807, 2.05) is 12.1 Å². The number of aryl methyl sites for hydroxylation is 1. The lowest BCUT2D eigenvalue weighted by Crippen LogP contribution is -3.14. The molecule has 1 fully saturated rings. The van der Waals surface area contributed by atoms with Crippen LogP contribution in [0.4, 0.5) is 0 Å². The van der Waals surface area contributed by atoms with Crippen molar-refractivity contribution in [2.75, 3.05) is 19.6 Å². The number of hydrazone groups is 1. The van der Waals surface area contributed by atoms with Crippen molar-refractivity contribution in [1.29, 1.82) is 0 Å². The van der Waals surface area contributed by atoms with Crippen LogP contribution in [0.2, 0.25) is 5.02 Å². The highest BCUT2D eigenvalue weighted by Crippen LogP contribution is 2.50. The quantitative estimate of drug-likeness (QED) is 0.829. The number of para-hydroxylation sites is 1. The van der Waals surface area contributed by atoms with Gasteiger partial charge in [-0.15, -0.1) is 0 Å². The van der Waals surface area contributed by atoms with Crippen LogP contribution in [0.5, 0.6) is 5.75 Å². The number of fused-ring (bicyclic) bond motifs is 4. The first kappa shape index (κ1) is 19.0. The van der Waals surface area contributed by atoms with Crippen molar-refractivity contribution in [3.8, 4) is 5.75 Å². The van der Waals surface area contributed by atoms with E-state index in [4.69, 9.17) is 21.4 Å². The highest BCUT2D eigenvalue weighted by molar-refractivity contribution is 6.30. The molecule has 3 aliphatic heterocycles. The molecule has 1 N–H and O–H groups in total. The minimum atomic E-state index is -0.324. The number of nitrogens with one attached hydrogen (secondary N) is 1. The molecule has 0 unspecified atom stereocenters. The van der Waals surface area contributed by atoms with Gasteiger partial charge >= 0.3 is 0 Å². The fourth-order valence-corrected chi connectivity index (χ4v) is 5.31. The van der Waals surface area contributed by atoms with Gasteiger partial charge in [-0.3, -0.25) is 0 Å². The summed E-state index contributed by atoms with van der Waals surface area (Å²) in [6.45, 7) is 7.96. The molecule has 29 heavy (non-hydrogen) atoms. The number of piperidine rings is 1. The predicted molar refractivity (Wildman–Crippen MR) is 117 cm³/mol. The van der Waals surface area contributed by atoms with E-state index in [1.165, 1.54) is 24.1 Å². The van der Waals surface area contributed by atoms with Crippen molar-refractivity contribution in [1.82, 2.24) is 5.01 Å². The number of benzene rings is 2. The third-order valence-electron chi connectivity index (χ3n) is 6.74. The van der Waals surface area contributed by atoms with E-state index in [0.29, 0.717) is 0 Å². The summed E-state index contributed by atoms with van der Waals surface area (Å²) in [6.07, 6.45) is 4.18. The van der Waals surface area contributed by atoms with Gasteiger partial charge in [0, 0.05) is 17.0 Å². The lowest BCUT2D eigenvalue weighted by Gasteiger charge is -2.50. The Balaban J connectivity index is 1.53. The lowest BCUT2D eigenvalue weighted by atomic mass is 9.89. The Hall–Kier alpha value is -2.04. The van der Waals surface area contributed by atoms with Crippen molar-refractivity contribution in [2.24, 2.45) is 5.10 Å². The Kier molecular flexibility index (Phi) is 4.79. The Morgan fingerprint density at radius 2 is 1.93 bits per heavy atom. The van der Waals surface area contributed by atoms with Crippen molar-refractivity contribution in [2.45, 2.75) is 51.3 Å². The van der Waals surface area contributed by atoms with E-state index in [0.717, 1.165) is 54.4 Å². The predicted octanol–water partition coefficient (Wildman–Crippen LogP) is 3.98. The number of hydrogen-bond donors (Lipinski definition) is 1. The van der Waals surface area contributed by atoms with Gasteiger partial charge in [0.05, 0.1) is 44.2 Å². The lowest BCUT2D eigenvalue weighted by molar-refractivity contribution is -0.908. The maximum Gasteiger partial charge on any atom is 0.208 e. The summed E-state index contributed by atoms with van der Waals surface area (Å²) in [5.41, 5.74) is 4.46. The Labute approximate surface area is 178 Å². The van der Waals surface area contributed by atoms with Crippen molar-refractivity contribution in [3.63, 3.8) is 0 Å². The molecular weight excluding hydrogens is 382 g/mol. The number of nitrogens with zero attached hydrogens (tertiary/aromatic N) is 2. The molecule has 4 nitrogen and oxygen atoms in total. The van der Waals surface area contributed by atoms with Crippen molar-refractivity contribution in [3.05, 3.63) is 64.2 Å². The van der Waals surface area contributed by atoms with Crippen LogP contribution >= 0.6 is 11.6 Å². The van der Waals surface area contributed by atoms with Crippen LogP contribution in [0, 0.1) is 6.92 Å². The van der Waals surface area contributed by atoms with Crippen LogP contribution < -0.4 is 9.64 Å². The number of quaternary nitrogens is 1. The molecule has 1 saturated heterocycles. The van der Waals surface area contributed by atoms with Crippen molar-refractivity contribution >= 4 is 17.3 Å². The number of rotatable bonds is 3. The van der Waals surface area contributed by atoms with Crippen LogP contribution in [-0.4, -0.2) is 36.1 Å². The minimum absolute atomic E-state index is 0.247. The Morgan fingerprint density at radius 3 is 2.66 bits per heavy atom. The molecular formula is C24H29ClN3O+. The van der Waals surface area contributed by atoms with Crippen LogP contribution in [0.25, 0.3) is 0 Å². The molecule has 2 aromatic rings. The van der Waals surface area contributed by atoms with Gasteiger partial charge in [0.2, 0.25) is 5.72 Å². The summed E-state index contributed by atoms with van der Waals surface area (Å²) >= 11 is 6.11. The minimum Gasteiger partial charge on any atom is -0.465 e. The second-order valence-electron chi connectivity index (χ2n) is 8.66. The molecule has 0 aromatic heterocycles. The second-order valence-corrected chi connectivity index (χ2v) is 9.10. The Morgan fingerprint density at radius 1 is 1.17 bits per heavy atom. The SMILES string of the molecule is CCC[NH+]1CCC2(CC1)Oc1c(C)cccc1[C@H]1CC(c3ccc(Cl)cc3)=NN12. The molecule has 0 saturated carbocycles. The van der Waals surface area contributed by atoms with E-state index in [-0.39, 0.29) is 11.8 Å². The molecule has 3 aliphatic rings. The summed E-state index contributed by atoms with van der Waals surface area (Å²) in [4.78, 5) is 1.69. The maximum absolute atomic E-state index is 6.82. The van der Waals surface area contributed by atoms with Gasteiger partial charge in [-0.25, -0.2) is 5.01 Å². The summed E-state index contributed by atoms with van der Waals surface area (Å²) in [6, 6.07) is 14.8. The van der Waals surface area contributed by atoms with Crippen LogP contribution in [0.1, 0.15) is 55.3 Å². The van der Waals surface area contributed by atoms with Gasteiger partial charge < -0.3 is 9.64 Å². The zero-order chi connectivity index (χ0) is 20.0. The van der Waals surface area contributed by atoms with E-state index >= 15 is 0 Å². The number of halogens is 1. The molecule has 0 radical (unpaired) electrons. The van der Waals surface area contributed by atoms with Gasteiger partial charge in [0.15, 0.2) is 0 Å². The number of ether oxygens (including phenoxy) is 1. The third-order valence-corrected chi connectivity index (χ3v) is 6.99.